The van der Waals surface area contributed by atoms with Crippen LogP contribution in [0.4, 0.5) is 5.69 Å². The van der Waals surface area contributed by atoms with E-state index in [1.165, 1.54) is 6.07 Å². The summed E-state index contributed by atoms with van der Waals surface area (Å²) < 4.78 is 0. The SMILES string of the molecule is Nc1ccc(CC(=O)N2CCC(O)CC2)cc1O. The van der Waals surface area contributed by atoms with Crippen molar-refractivity contribution in [3.8, 4) is 5.75 Å². The van der Waals surface area contributed by atoms with Crippen LogP contribution in [0, 0.1) is 0 Å². The zero-order valence-corrected chi connectivity index (χ0v) is 10.2. The molecule has 1 heterocycles. The zero-order chi connectivity index (χ0) is 13.1. The maximum absolute atomic E-state index is 12.0. The minimum atomic E-state index is -0.283. The molecular formula is C13H18N2O3. The van der Waals surface area contributed by atoms with Crippen LogP contribution in [0.2, 0.25) is 0 Å². The van der Waals surface area contributed by atoms with Crippen LogP contribution in [0.5, 0.6) is 5.75 Å². The summed E-state index contributed by atoms with van der Waals surface area (Å²) in [7, 11) is 0. The Morgan fingerprint density at radius 2 is 2.06 bits per heavy atom. The van der Waals surface area contributed by atoms with E-state index in [-0.39, 0.29) is 24.2 Å². The minimum absolute atomic E-state index is 0.00867. The van der Waals surface area contributed by atoms with Crippen LogP contribution < -0.4 is 5.73 Å². The number of hydrogen-bond donors (Lipinski definition) is 3. The maximum Gasteiger partial charge on any atom is 0.226 e. The highest BCUT2D eigenvalue weighted by Crippen LogP contribution is 2.21. The molecular weight excluding hydrogens is 232 g/mol. The number of aliphatic hydroxyl groups excluding tert-OH is 1. The lowest BCUT2D eigenvalue weighted by molar-refractivity contribution is -0.132. The number of nitrogens with zero attached hydrogens (tertiary/aromatic N) is 1. The van der Waals surface area contributed by atoms with Gasteiger partial charge in [0.2, 0.25) is 5.91 Å². The van der Waals surface area contributed by atoms with Crippen molar-refractivity contribution in [2.24, 2.45) is 0 Å². The highest BCUT2D eigenvalue weighted by Gasteiger charge is 2.21. The van der Waals surface area contributed by atoms with E-state index in [1.807, 2.05) is 0 Å². The first-order valence-corrected chi connectivity index (χ1v) is 6.09. The second kappa shape index (κ2) is 5.27. The van der Waals surface area contributed by atoms with E-state index in [4.69, 9.17) is 5.73 Å². The molecule has 0 saturated carbocycles. The topological polar surface area (TPSA) is 86.8 Å². The monoisotopic (exact) mass is 250 g/mol. The van der Waals surface area contributed by atoms with Gasteiger partial charge < -0.3 is 20.8 Å². The van der Waals surface area contributed by atoms with Gasteiger partial charge in [0.25, 0.3) is 0 Å². The number of piperidine rings is 1. The van der Waals surface area contributed by atoms with Gasteiger partial charge in [-0.05, 0) is 30.5 Å². The molecule has 1 aliphatic rings. The van der Waals surface area contributed by atoms with Gasteiger partial charge in [-0.3, -0.25) is 4.79 Å². The van der Waals surface area contributed by atoms with Crippen molar-refractivity contribution in [3.05, 3.63) is 23.8 Å². The number of likely N-dealkylation sites (tertiary alicyclic amines) is 1. The summed E-state index contributed by atoms with van der Waals surface area (Å²) in [5.74, 6) is 0.0282. The van der Waals surface area contributed by atoms with Crippen LogP contribution in [-0.4, -0.2) is 40.2 Å². The number of phenolic OH excluding ortho intramolecular Hbond substituents is 1. The Kier molecular flexibility index (Phi) is 3.72. The van der Waals surface area contributed by atoms with Gasteiger partial charge in [0.05, 0.1) is 18.2 Å². The number of anilines is 1. The third kappa shape index (κ3) is 2.92. The van der Waals surface area contributed by atoms with Crippen molar-refractivity contribution in [2.45, 2.75) is 25.4 Å². The maximum atomic E-state index is 12.0. The summed E-state index contributed by atoms with van der Waals surface area (Å²) in [5, 5.41) is 18.9. The van der Waals surface area contributed by atoms with Crippen molar-refractivity contribution in [1.82, 2.24) is 4.90 Å². The molecule has 98 valence electrons. The third-order valence-electron chi connectivity index (χ3n) is 3.27. The van der Waals surface area contributed by atoms with Gasteiger partial charge in [0.1, 0.15) is 5.75 Å². The standard InChI is InChI=1S/C13H18N2O3/c14-11-2-1-9(7-12(11)17)8-13(18)15-5-3-10(16)4-6-15/h1-2,7,10,16-17H,3-6,8,14H2. The minimum Gasteiger partial charge on any atom is -0.506 e. The molecule has 2 rings (SSSR count). The summed E-state index contributed by atoms with van der Waals surface area (Å²) in [6.45, 7) is 1.20. The first kappa shape index (κ1) is 12.7. The lowest BCUT2D eigenvalue weighted by atomic mass is 10.1. The second-order valence-electron chi connectivity index (χ2n) is 4.68. The number of phenols is 1. The Bertz CT molecular complexity index is 440. The molecule has 4 N–H and O–H groups in total. The van der Waals surface area contributed by atoms with Gasteiger partial charge in [-0.2, -0.15) is 0 Å². The van der Waals surface area contributed by atoms with Crippen molar-refractivity contribution >= 4 is 11.6 Å². The Morgan fingerprint density at radius 3 is 2.67 bits per heavy atom. The molecule has 1 aliphatic heterocycles. The van der Waals surface area contributed by atoms with Crippen molar-refractivity contribution in [1.29, 1.82) is 0 Å². The number of nitrogens with two attached hydrogens (primary N) is 1. The number of aliphatic hydroxyl groups is 1. The van der Waals surface area contributed by atoms with Crippen molar-refractivity contribution in [2.75, 3.05) is 18.8 Å². The fraction of sp³-hybridized carbons (Fsp3) is 0.462. The summed E-state index contributed by atoms with van der Waals surface area (Å²) in [6.07, 6.45) is 1.25. The van der Waals surface area contributed by atoms with Crippen molar-refractivity contribution in [3.63, 3.8) is 0 Å². The third-order valence-corrected chi connectivity index (χ3v) is 3.27. The Hall–Kier alpha value is -1.75. The molecule has 0 atom stereocenters. The first-order chi connectivity index (χ1) is 8.56. The quantitative estimate of drug-likeness (QED) is 0.527. The molecule has 0 radical (unpaired) electrons. The summed E-state index contributed by atoms with van der Waals surface area (Å²) in [5.41, 5.74) is 6.56. The number of carbonyl (C=O) groups excluding carboxylic acids is 1. The molecule has 1 amide bonds. The van der Waals surface area contributed by atoms with E-state index in [9.17, 15) is 15.0 Å². The molecule has 0 aromatic heterocycles. The average Bonchev–Trinajstić information content (AvgIpc) is 2.34. The van der Waals surface area contributed by atoms with E-state index in [1.54, 1.807) is 17.0 Å². The fourth-order valence-corrected chi connectivity index (χ4v) is 2.10. The van der Waals surface area contributed by atoms with Gasteiger partial charge in [0, 0.05) is 13.1 Å². The molecule has 0 bridgehead atoms. The molecule has 5 nitrogen and oxygen atoms in total. The van der Waals surface area contributed by atoms with Gasteiger partial charge in [0.15, 0.2) is 0 Å². The van der Waals surface area contributed by atoms with E-state index in [2.05, 4.69) is 0 Å². The van der Waals surface area contributed by atoms with Crippen LogP contribution in [0.1, 0.15) is 18.4 Å². The Balaban J connectivity index is 1.96. The van der Waals surface area contributed by atoms with E-state index in [0.29, 0.717) is 31.6 Å². The molecule has 0 unspecified atom stereocenters. The second-order valence-corrected chi connectivity index (χ2v) is 4.68. The summed E-state index contributed by atoms with van der Waals surface area (Å²) in [4.78, 5) is 13.8. The lowest BCUT2D eigenvalue weighted by Crippen LogP contribution is -2.40. The Morgan fingerprint density at radius 1 is 1.39 bits per heavy atom. The smallest absolute Gasteiger partial charge is 0.226 e. The predicted molar refractivity (Wildman–Crippen MR) is 68.0 cm³/mol. The predicted octanol–water partition coefficient (Wildman–Crippen LogP) is 0.500. The van der Waals surface area contributed by atoms with Crippen LogP contribution in [-0.2, 0) is 11.2 Å². The van der Waals surface area contributed by atoms with Gasteiger partial charge in [-0.1, -0.05) is 6.07 Å². The number of rotatable bonds is 2. The average molecular weight is 250 g/mol. The van der Waals surface area contributed by atoms with E-state index >= 15 is 0 Å². The Labute approximate surface area is 106 Å². The number of amides is 1. The molecule has 1 saturated heterocycles. The van der Waals surface area contributed by atoms with E-state index < -0.39 is 0 Å². The zero-order valence-electron chi connectivity index (χ0n) is 10.2. The number of hydrogen-bond acceptors (Lipinski definition) is 4. The number of nitrogen functional groups attached to an aromatic ring is 1. The molecule has 1 aromatic rings. The van der Waals surface area contributed by atoms with Crippen LogP contribution in [0.25, 0.3) is 0 Å². The number of carbonyl (C=O) groups is 1. The van der Waals surface area contributed by atoms with Gasteiger partial charge in [-0.15, -0.1) is 0 Å². The van der Waals surface area contributed by atoms with Crippen LogP contribution in [0.3, 0.4) is 0 Å². The molecule has 5 heteroatoms. The largest absolute Gasteiger partial charge is 0.506 e. The van der Waals surface area contributed by atoms with Crippen molar-refractivity contribution < 1.29 is 15.0 Å². The number of benzene rings is 1. The highest BCUT2D eigenvalue weighted by atomic mass is 16.3. The fourth-order valence-electron chi connectivity index (χ4n) is 2.10. The van der Waals surface area contributed by atoms with E-state index in [0.717, 1.165) is 5.56 Å². The van der Waals surface area contributed by atoms with Gasteiger partial charge >= 0.3 is 0 Å². The molecule has 0 aliphatic carbocycles. The van der Waals surface area contributed by atoms with Crippen LogP contribution >= 0.6 is 0 Å². The van der Waals surface area contributed by atoms with Crippen LogP contribution in [0.15, 0.2) is 18.2 Å². The van der Waals surface area contributed by atoms with Gasteiger partial charge in [-0.25, -0.2) is 0 Å². The summed E-state index contributed by atoms with van der Waals surface area (Å²) in [6, 6.07) is 4.86. The molecule has 18 heavy (non-hydrogen) atoms. The highest BCUT2D eigenvalue weighted by molar-refractivity contribution is 5.79. The molecule has 1 aromatic carbocycles. The first-order valence-electron chi connectivity index (χ1n) is 6.09. The molecule has 0 spiro atoms. The lowest BCUT2D eigenvalue weighted by Gasteiger charge is -2.29. The number of aromatic hydroxyl groups is 1. The molecule has 1 fully saturated rings. The normalized spacial score (nSPS) is 16.8. The summed E-state index contributed by atoms with van der Waals surface area (Å²) >= 11 is 0.